The van der Waals surface area contributed by atoms with Crippen molar-refractivity contribution < 1.29 is 22.3 Å². The zero-order valence-corrected chi connectivity index (χ0v) is 6.76. The van der Waals surface area contributed by atoms with Crippen molar-refractivity contribution in [1.82, 2.24) is 0 Å². The van der Waals surface area contributed by atoms with Crippen LogP contribution in [0.15, 0.2) is 12.3 Å². The van der Waals surface area contributed by atoms with Crippen molar-refractivity contribution >= 4 is 23.9 Å². The molecule has 0 aromatic rings. The van der Waals surface area contributed by atoms with Crippen molar-refractivity contribution in [2.45, 2.75) is 0 Å². The summed E-state index contributed by atoms with van der Waals surface area (Å²) < 4.78 is 31.0. The number of hydrogen-bond donors (Lipinski definition) is 2. The molecule has 0 radical (unpaired) electrons. The van der Waals surface area contributed by atoms with Crippen LogP contribution in [0.1, 0.15) is 0 Å². The Balaban J connectivity index is 0. The van der Waals surface area contributed by atoms with E-state index in [0.29, 0.717) is 0 Å². The molecule has 0 spiro atoms. The van der Waals surface area contributed by atoms with Crippen molar-refractivity contribution in [3.8, 4) is 0 Å². The summed E-state index contributed by atoms with van der Waals surface area (Å²) >= 11 is 0. The third kappa shape index (κ3) is 10.7. The van der Waals surface area contributed by atoms with Gasteiger partial charge in [-0.2, -0.15) is 21.9 Å². The predicted octanol–water partition coefficient (Wildman–Crippen LogP) is -0.00970. The van der Waals surface area contributed by atoms with Crippen molar-refractivity contribution in [2.75, 3.05) is 6.61 Å². The third-order valence-corrected chi connectivity index (χ3v) is 0.790. The lowest BCUT2D eigenvalue weighted by Gasteiger charge is -1.94. The van der Waals surface area contributed by atoms with Gasteiger partial charge in [0.15, 0.2) is 0 Å². The highest BCUT2D eigenvalue weighted by atomic mass is 32.3. The summed E-state index contributed by atoms with van der Waals surface area (Å²) in [5.41, 5.74) is 0. The SMILES string of the molecule is C=C(O)COS(=O)(=O)O.S. The van der Waals surface area contributed by atoms with Gasteiger partial charge >= 0.3 is 10.4 Å². The van der Waals surface area contributed by atoms with Gasteiger partial charge in [0.25, 0.3) is 0 Å². The van der Waals surface area contributed by atoms with Crippen LogP contribution >= 0.6 is 13.5 Å². The first kappa shape index (κ1) is 12.4. The predicted molar refractivity (Wildman–Crippen MR) is 39.7 cm³/mol. The van der Waals surface area contributed by atoms with Gasteiger partial charge in [0, 0.05) is 0 Å². The van der Waals surface area contributed by atoms with Gasteiger partial charge in [0.1, 0.15) is 12.4 Å². The summed E-state index contributed by atoms with van der Waals surface area (Å²) in [6.45, 7) is 2.30. The maximum Gasteiger partial charge on any atom is 0.397 e. The van der Waals surface area contributed by atoms with E-state index in [1.54, 1.807) is 0 Å². The van der Waals surface area contributed by atoms with Gasteiger partial charge < -0.3 is 5.11 Å². The maximum atomic E-state index is 9.72. The number of hydrogen-bond acceptors (Lipinski definition) is 4. The molecule has 0 aliphatic heterocycles. The molecule has 2 N–H and O–H groups in total. The summed E-state index contributed by atoms with van der Waals surface area (Å²) in [6, 6.07) is 0. The second-order valence-corrected chi connectivity index (χ2v) is 2.35. The highest BCUT2D eigenvalue weighted by molar-refractivity contribution is 7.80. The third-order valence-electron chi connectivity index (χ3n) is 0.374. The van der Waals surface area contributed by atoms with Gasteiger partial charge in [-0.25, -0.2) is 4.18 Å². The van der Waals surface area contributed by atoms with Crippen molar-refractivity contribution in [3.63, 3.8) is 0 Å². The van der Waals surface area contributed by atoms with Gasteiger partial charge in [-0.05, 0) is 0 Å². The maximum absolute atomic E-state index is 9.72. The molecule has 10 heavy (non-hydrogen) atoms. The van der Waals surface area contributed by atoms with Crippen LogP contribution in [0.5, 0.6) is 0 Å². The molecule has 0 aliphatic rings. The smallest absolute Gasteiger partial charge is 0.397 e. The van der Waals surface area contributed by atoms with E-state index in [2.05, 4.69) is 10.8 Å². The first-order chi connectivity index (χ1) is 3.92. The molecular formula is C3H8O5S2. The molecular weight excluding hydrogens is 180 g/mol. The van der Waals surface area contributed by atoms with E-state index < -0.39 is 22.8 Å². The standard InChI is InChI=1S/C3H6O5S.H2S/c1-3(4)2-8-9(5,6)7;/h4H,1-2H2,(H,5,6,7);1H2. The van der Waals surface area contributed by atoms with E-state index in [0.717, 1.165) is 0 Å². The molecule has 0 fully saturated rings. The fourth-order valence-electron chi connectivity index (χ4n) is 0.142. The molecule has 5 nitrogen and oxygen atoms in total. The van der Waals surface area contributed by atoms with Gasteiger partial charge in [-0.3, -0.25) is 4.55 Å². The fraction of sp³-hybridized carbons (Fsp3) is 0.333. The zero-order chi connectivity index (χ0) is 7.49. The Morgan fingerprint density at radius 3 is 2.10 bits per heavy atom. The van der Waals surface area contributed by atoms with Crippen LogP contribution in [0, 0.1) is 0 Å². The minimum absolute atomic E-state index is 0. The molecule has 7 heteroatoms. The Morgan fingerprint density at radius 2 is 2.00 bits per heavy atom. The van der Waals surface area contributed by atoms with E-state index >= 15 is 0 Å². The molecule has 0 heterocycles. The van der Waals surface area contributed by atoms with Crippen molar-refractivity contribution in [1.29, 1.82) is 0 Å². The van der Waals surface area contributed by atoms with Crippen molar-refractivity contribution in [3.05, 3.63) is 12.3 Å². The molecule has 0 aromatic heterocycles. The van der Waals surface area contributed by atoms with Crippen LogP contribution in [-0.2, 0) is 14.6 Å². The van der Waals surface area contributed by atoms with Crippen LogP contribution in [0.2, 0.25) is 0 Å². The second kappa shape index (κ2) is 4.56. The molecule has 0 atom stereocenters. The fourth-order valence-corrected chi connectivity index (χ4v) is 0.427. The Kier molecular flexibility index (Phi) is 5.67. The molecule has 0 saturated heterocycles. The van der Waals surface area contributed by atoms with Crippen LogP contribution in [0.3, 0.4) is 0 Å². The summed E-state index contributed by atoms with van der Waals surface area (Å²) in [5.74, 6) is -0.465. The highest BCUT2D eigenvalue weighted by Gasteiger charge is 2.03. The monoisotopic (exact) mass is 188 g/mol. The van der Waals surface area contributed by atoms with E-state index in [4.69, 9.17) is 9.66 Å². The average molecular weight is 188 g/mol. The summed E-state index contributed by atoms with van der Waals surface area (Å²) in [7, 11) is -4.44. The van der Waals surface area contributed by atoms with E-state index in [1.807, 2.05) is 0 Å². The summed E-state index contributed by atoms with van der Waals surface area (Å²) in [5, 5.41) is 8.22. The first-order valence-corrected chi connectivity index (χ1v) is 3.27. The molecule has 0 rings (SSSR count). The van der Waals surface area contributed by atoms with Gasteiger partial charge in [-0.15, -0.1) is 0 Å². The van der Waals surface area contributed by atoms with Gasteiger partial charge in [0.2, 0.25) is 0 Å². The lowest BCUT2D eigenvalue weighted by atomic mass is 10.6. The number of aliphatic hydroxyl groups is 1. The topological polar surface area (TPSA) is 83.8 Å². The molecule has 0 saturated carbocycles. The lowest BCUT2D eigenvalue weighted by molar-refractivity contribution is 0.244. The highest BCUT2D eigenvalue weighted by Crippen LogP contribution is 1.89. The van der Waals surface area contributed by atoms with Crippen molar-refractivity contribution in [2.24, 2.45) is 0 Å². The molecule has 0 unspecified atom stereocenters. The molecule has 0 aliphatic carbocycles. The van der Waals surface area contributed by atoms with Crippen LogP contribution in [-0.4, -0.2) is 24.7 Å². The Morgan fingerprint density at radius 1 is 1.60 bits per heavy atom. The van der Waals surface area contributed by atoms with E-state index in [9.17, 15) is 8.42 Å². The Bertz CT molecular complexity index is 193. The summed E-state index contributed by atoms with van der Waals surface area (Å²) in [6.07, 6.45) is 0. The van der Waals surface area contributed by atoms with Crippen LogP contribution < -0.4 is 0 Å². The molecule has 0 amide bonds. The first-order valence-electron chi connectivity index (χ1n) is 1.90. The van der Waals surface area contributed by atoms with Crippen LogP contribution in [0.4, 0.5) is 0 Å². The molecule has 62 valence electrons. The Hall–Kier alpha value is -0.240. The number of rotatable bonds is 3. The van der Waals surface area contributed by atoms with E-state index in [-0.39, 0.29) is 13.5 Å². The molecule has 0 bridgehead atoms. The number of aliphatic hydroxyl groups excluding tert-OH is 1. The minimum Gasteiger partial charge on any atom is -0.510 e. The minimum atomic E-state index is -4.44. The summed E-state index contributed by atoms with van der Waals surface area (Å²) in [4.78, 5) is 0. The van der Waals surface area contributed by atoms with Crippen LogP contribution in [0.25, 0.3) is 0 Å². The normalized spacial score (nSPS) is 10.1. The zero-order valence-electron chi connectivity index (χ0n) is 4.94. The van der Waals surface area contributed by atoms with Gasteiger partial charge in [0.05, 0.1) is 0 Å². The molecule has 0 aromatic carbocycles. The largest absolute Gasteiger partial charge is 0.510 e. The average Bonchev–Trinajstić information content (AvgIpc) is 1.59. The van der Waals surface area contributed by atoms with Gasteiger partial charge in [-0.1, -0.05) is 6.58 Å². The lowest BCUT2D eigenvalue weighted by Crippen LogP contribution is -2.05. The second-order valence-electron chi connectivity index (χ2n) is 1.26. The van der Waals surface area contributed by atoms with E-state index in [1.165, 1.54) is 0 Å². The Labute approximate surface area is 65.7 Å². The quantitative estimate of drug-likeness (QED) is 0.480.